The Hall–Kier alpha value is -1.88. The highest BCUT2D eigenvalue weighted by molar-refractivity contribution is 5.78. The van der Waals surface area contributed by atoms with Crippen molar-refractivity contribution in [2.75, 3.05) is 19.6 Å². The van der Waals surface area contributed by atoms with E-state index in [4.69, 9.17) is 5.11 Å². The molecule has 28 heavy (non-hydrogen) atoms. The zero-order chi connectivity index (χ0) is 19.8. The molecule has 5 heteroatoms. The SMILES string of the molecule is O=C(O)CCC1CCCN(CC(=O)NC(c2ccccc2)C2CCCCC2)C1. The molecule has 1 saturated carbocycles. The van der Waals surface area contributed by atoms with Gasteiger partial charge in [-0.1, -0.05) is 49.6 Å². The third-order valence-electron chi connectivity index (χ3n) is 6.33. The van der Waals surface area contributed by atoms with Crippen molar-refractivity contribution >= 4 is 11.9 Å². The lowest BCUT2D eigenvalue weighted by atomic mass is 9.81. The van der Waals surface area contributed by atoms with E-state index in [0.29, 0.717) is 24.8 Å². The molecule has 5 nitrogen and oxygen atoms in total. The van der Waals surface area contributed by atoms with E-state index in [1.807, 2.05) is 6.07 Å². The number of piperidine rings is 1. The van der Waals surface area contributed by atoms with Crippen LogP contribution in [0.3, 0.4) is 0 Å². The summed E-state index contributed by atoms with van der Waals surface area (Å²) in [5, 5.41) is 12.2. The predicted octanol–water partition coefficient (Wildman–Crippen LogP) is 4.00. The first-order valence-electron chi connectivity index (χ1n) is 10.9. The number of amides is 1. The topological polar surface area (TPSA) is 69.6 Å². The maximum Gasteiger partial charge on any atom is 0.303 e. The largest absolute Gasteiger partial charge is 0.481 e. The second kappa shape index (κ2) is 10.6. The Bertz CT molecular complexity index is 628. The number of aliphatic carboxylic acids is 1. The smallest absolute Gasteiger partial charge is 0.303 e. The first-order valence-corrected chi connectivity index (χ1v) is 10.9. The van der Waals surface area contributed by atoms with Crippen molar-refractivity contribution < 1.29 is 14.7 Å². The molecule has 154 valence electrons. The molecule has 1 heterocycles. The molecular formula is C23H34N2O3. The quantitative estimate of drug-likeness (QED) is 0.708. The number of carbonyl (C=O) groups is 2. The zero-order valence-electron chi connectivity index (χ0n) is 16.8. The van der Waals surface area contributed by atoms with Gasteiger partial charge in [0.1, 0.15) is 0 Å². The van der Waals surface area contributed by atoms with Gasteiger partial charge in [-0.3, -0.25) is 14.5 Å². The maximum atomic E-state index is 12.9. The molecule has 1 aliphatic carbocycles. The predicted molar refractivity (Wildman–Crippen MR) is 110 cm³/mol. The molecule has 1 aromatic rings. The molecule has 2 unspecified atom stereocenters. The standard InChI is InChI=1S/C23H34N2O3/c26-21(17-25-15-7-8-18(16-25)13-14-22(27)28)24-23(19-9-3-1-4-10-19)20-11-5-2-6-12-20/h1,3-4,9-10,18,20,23H,2,5-8,11-17H2,(H,24,26)(H,27,28). The van der Waals surface area contributed by atoms with Gasteiger partial charge in [0.15, 0.2) is 0 Å². The summed E-state index contributed by atoms with van der Waals surface area (Å²) < 4.78 is 0. The van der Waals surface area contributed by atoms with Crippen LogP contribution in [0.2, 0.25) is 0 Å². The maximum absolute atomic E-state index is 12.9. The monoisotopic (exact) mass is 386 g/mol. The molecule has 2 fully saturated rings. The molecule has 3 rings (SSSR count). The van der Waals surface area contributed by atoms with E-state index in [2.05, 4.69) is 34.5 Å². The van der Waals surface area contributed by atoms with E-state index in [1.165, 1.54) is 37.7 Å². The Morgan fingerprint density at radius 2 is 1.82 bits per heavy atom. The molecule has 2 atom stereocenters. The van der Waals surface area contributed by atoms with Gasteiger partial charge in [-0.25, -0.2) is 0 Å². The van der Waals surface area contributed by atoms with Gasteiger partial charge in [-0.05, 0) is 56.0 Å². The molecule has 0 spiro atoms. The highest BCUT2D eigenvalue weighted by Crippen LogP contribution is 2.34. The second-order valence-corrected chi connectivity index (χ2v) is 8.53. The normalized spacial score (nSPS) is 22.5. The first kappa shape index (κ1) is 20.8. The van der Waals surface area contributed by atoms with Gasteiger partial charge in [0, 0.05) is 13.0 Å². The summed E-state index contributed by atoms with van der Waals surface area (Å²) in [4.78, 5) is 25.9. The van der Waals surface area contributed by atoms with E-state index in [-0.39, 0.29) is 18.4 Å². The fourth-order valence-electron chi connectivity index (χ4n) is 4.88. The van der Waals surface area contributed by atoms with E-state index in [1.54, 1.807) is 0 Å². The van der Waals surface area contributed by atoms with E-state index < -0.39 is 5.97 Å². The number of rotatable bonds is 8. The summed E-state index contributed by atoms with van der Waals surface area (Å²) in [6.07, 6.45) is 9.22. The van der Waals surface area contributed by atoms with Gasteiger partial charge >= 0.3 is 5.97 Å². The van der Waals surface area contributed by atoms with Crippen LogP contribution in [0.25, 0.3) is 0 Å². The van der Waals surface area contributed by atoms with Crippen LogP contribution in [0.1, 0.15) is 69.4 Å². The van der Waals surface area contributed by atoms with Crippen LogP contribution in [0.5, 0.6) is 0 Å². The van der Waals surface area contributed by atoms with Crippen molar-refractivity contribution in [2.24, 2.45) is 11.8 Å². The fraction of sp³-hybridized carbons (Fsp3) is 0.652. The van der Waals surface area contributed by atoms with Crippen molar-refractivity contribution in [3.8, 4) is 0 Å². The minimum absolute atomic E-state index is 0.0957. The number of carboxylic acid groups (broad SMARTS) is 1. The summed E-state index contributed by atoms with van der Waals surface area (Å²) in [5.41, 5.74) is 1.21. The van der Waals surface area contributed by atoms with Crippen LogP contribution in [-0.2, 0) is 9.59 Å². The third kappa shape index (κ3) is 6.33. The lowest BCUT2D eigenvalue weighted by molar-refractivity contribution is -0.137. The number of likely N-dealkylation sites (tertiary alicyclic amines) is 1. The second-order valence-electron chi connectivity index (χ2n) is 8.53. The van der Waals surface area contributed by atoms with Crippen LogP contribution in [0, 0.1) is 11.8 Å². The van der Waals surface area contributed by atoms with E-state index in [9.17, 15) is 9.59 Å². The molecule has 1 aromatic carbocycles. The minimum atomic E-state index is -0.729. The summed E-state index contributed by atoms with van der Waals surface area (Å²) in [6, 6.07) is 10.5. The molecule has 0 bridgehead atoms. The van der Waals surface area contributed by atoms with Crippen molar-refractivity contribution in [3.63, 3.8) is 0 Å². The summed E-state index contributed by atoms with van der Waals surface area (Å²) in [5.74, 6) is 0.275. The minimum Gasteiger partial charge on any atom is -0.481 e. The Morgan fingerprint density at radius 3 is 2.54 bits per heavy atom. The number of nitrogens with one attached hydrogen (secondary N) is 1. The van der Waals surface area contributed by atoms with Gasteiger partial charge in [0.2, 0.25) is 5.91 Å². The molecule has 0 aromatic heterocycles. The average molecular weight is 387 g/mol. The molecule has 1 amide bonds. The first-order chi connectivity index (χ1) is 13.6. The summed E-state index contributed by atoms with van der Waals surface area (Å²) in [6.45, 7) is 2.18. The molecule has 1 aliphatic heterocycles. The molecular weight excluding hydrogens is 352 g/mol. The third-order valence-corrected chi connectivity index (χ3v) is 6.33. The Balaban J connectivity index is 1.56. The summed E-state index contributed by atoms with van der Waals surface area (Å²) >= 11 is 0. The average Bonchev–Trinajstić information content (AvgIpc) is 2.72. The van der Waals surface area contributed by atoms with Crippen LogP contribution >= 0.6 is 0 Å². The Labute approximate surface area is 168 Å². The van der Waals surface area contributed by atoms with Crippen molar-refractivity contribution in [3.05, 3.63) is 35.9 Å². The molecule has 2 N–H and O–H groups in total. The highest BCUT2D eigenvalue weighted by atomic mass is 16.4. The van der Waals surface area contributed by atoms with Gasteiger partial charge < -0.3 is 10.4 Å². The van der Waals surface area contributed by atoms with Gasteiger partial charge in [-0.2, -0.15) is 0 Å². The Kier molecular flexibility index (Phi) is 7.90. The lowest BCUT2D eigenvalue weighted by Crippen LogP contribution is -2.44. The number of nitrogens with zero attached hydrogens (tertiary/aromatic N) is 1. The summed E-state index contributed by atoms with van der Waals surface area (Å²) in [7, 11) is 0. The van der Waals surface area contributed by atoms with Gasteiger partial charge in [0.05, 0.1) is 12.6 Å². The van der Waals surface area contributed by atoms with Crippen LogP contribution in [0.15, 0.2) is 30.3 Å². The van der Waals surface area contributed by atoms with Crippen LogP contribution < -0.4 is 5.32 Å². The number of carboxylic acids is 1. The van der Waals surface area contributed by atoms with Gasteiger partial charge in [-0.15, -0.1) is 0 Å². The van der Waals surface area contributed by atoms with E-state index >= 15 is 0 Å². The highest BCUT2D eigenvalue weighted by Gasteiger charge is 2.28. The van der Waals surface area contributed by atoms with Crippen molar-refractivity contribution in [1.82, 2.24) is 10.2 Å². The van der Waals surface area contributed by atoms with Crippen LogP contribution in [0.4, 0.5) is 0 Å². The lowest BCUT2D eigenvalue weighted by Gasteiger charge is -2.34. The molecule has 2 aliphatic rings. The molecule has 0 radical (unpaired) electrons. The van der Waals surface area contributed by atoms with Crippen molar-refractivity contribution in [2.45, 2.75) is 63.8 Å². The van der Waals surface area contributed by atoms with Gasteiger partial charge in [0.25, 0.3) is 0 Å². The fourth-order valence-corrected chi connectivity index (χ4v) is 4.88. The number of carbonyl (C=O) groups excluding carboxylic acids is 1. The zero-order valence-corrected chi connectivity index (χ0v) is 16.8. The number of hydrogen-bond acceptors (Lipinski definition) is 3. The van der Waals surface area contributed by atoms with E-state index in [0.717, 1.165) is 25.9 Å². The van der Waals surface area contributed by atoms with Crippen molar-refractivity contribution in [1.29, 1.82) is 0 Å². The van der Waals surface area contributed by atoms with Crippen LogP contribution in [-0.4, -0.2) is 41.5 Å². The number of benzene rings is 1. The molecule has 1 saturated heterocycles. The number of hydrogen-bond donors (Lipinski definition) is 2. The Morgan fingerprint density at radius 1 is 1.07 bits per heavy atom.